The molecule has 0 aromatic carbocycles. The third-order valence-electron chi connectivity index (χ3n) is 3.50. The Bertz CT molecular complexity index is 462. The van der Waals surface area contributed by atoms with Crippen molar-refractivity contribution in [1.82, 2.24) is 9.88 Å². The molecule has 0 atom stereocenters. The number of amides is 1. The molecule has 1 aliphatic rings. The Morgan fingerprint density at radius 3 is 2.86 bits per heavy atom. The Kier molecular flexibility index (Phi) is 6.42. The van der Waals surface area contributed by atoms with Crippen molar-refractivity contribution in [2.45, 2.75) is 25.9 Å². The van der Waals surface area contributed by atoms with Gasteiger partial charge in [0.05, 0.1) is 24.9 Å². The Morgan fingerprint density at radius 1 is 1.43 bits per heavy atom. The molecule has 116 valence electrons. The lowest BCUT2D eigenvalue weighted by Crippen LogP contribution is -2.41. The first kappa shape index (κ1) is 16.2. The number of piperidine rings is 1. The monoisotopic (exact) mass is 312 g/mol. The number of pyridine rings is 1. The highest BCUT2D eigenvalue weighted by Gasteiger charge is 2.25. The largest absolute Gasteiger partial charge is 0.379 e. The summed E-state index contributed by atoms with van der Waals surface area (Å²) in [4.78, 5) is 18.1. The second kappa shape index (κ2) is 8.32. The zero-order valence-electron chi connectivity index (χ0n) is 12.3. The van der Waals surface area contributed by atoms with Gasteiger partial charge in [-0.15, -0.1) is 0 Å². The van der Waals surface area contributed by atoms with Crippen LogP contribution in [0.5, 0.6) is 0 Å². The van der Waals surface area contributed by atoms with E-state index in [0.717, 1.165) is 12.8 Å². The number of hydrogen-bond acceptors (Lipinski definition) is 4. The number of rotatable bonds is 6. The standard InChI is InChI=1S/C15H21ClN2O3/c1-2-20-10-11-21-12-5-8-18(9-6-12)15(19)13-4-3-7-17-14(13)16/h3-4,7,12H,2,5-6,8-11H2,1H3. The third-order valence-corrected chi connectivity index (χ3v) is 3.81. The van der Waals surface area contributed by atoms with Gasteiger partial charge in [-0.25, -0.2) is 4.98 Å². The van der Waals surface area contributed by atoms with Crippen molar-refractivity contribution in [3.8, 4) is 0 Å². The Morgan fingerprint density at radius 2 is 2.19 bits per heavy atom. The van der Waals surface area contributed by atoms with E-state index >= 15 is 0 Å². The molecule has 1 amide bonds. The fourth-order valence-electron chi connectivity index (χ4n) is 2.36. The van der Waals surface area contributed by atoms with E-state index < -0.39 is 0 Å². The minimum absolute atomic E-state index is 0.0548. The molecule has 1 fully saturated rings. The summed E-state index contributed by atoms with van der Waals surface area (Å²) >= 11 is 5.97. The first-order valence-corrected chi connectivity index (χ1v) is 7.69. The van der Waals surface area contributed by atoms with Crippen LogP contribution in [0.3, 0.4) is 0 Å². The van der Waals surface area contributed by atoms with Gasteiger partial charge in [0.15, 0.2) is 0 Å². The Balaban J connectivity index is 1.78. The maximum Gasteiger partial charge on any atom is 0.256 e. The van der Waals surface area contributed by atoms with Gasteiger partial charge in [-0.3, -0.25) is 4.79 Å². The van der Waals surface area contributed by atoms with Gasteiger partial charge in [-0.2, -0.15) is 0 Å². The average Bonchev–Trinajstić information content (AvgIpc) is 2.52. The summed E-state index contributed by atoms with van der Waals surface area (Å²) in [7, 11) is 0. The zero-order chi connectivity index (χ0) is 15.1. The van der Waals surface area contributed by atoms with E-state index in [4.69, 9.17) is 21.1 Å². The molecule has 1 saturated heterocycles. The third kappa shape index (κ3) is 4.66. The molecular formula is C15H21ClN2O3. The van der Waals surface area contributed by atoms with Crippen LogP contribution in [0, 0.1) is 0 Å². The van der Waals surface area contributed by atoms with Gasteiger partial charge in [-0.05, 0) is 31.9 Å². The molecule has 0 aliphatic carbocycles. The highest BCUT2D eigenvalue weighted by atomic mass is 35.5. The quantitative estimate of drug-likeness (QED) is 0.598. The number of carbonyl (C=O) groups excluding carboxylic acids is 1. The predicted molar refractivity (Wildman–Crippen MR) is 80.6 cm³/mol. The van der Waals surface area contributed by atoms with Gasteiger partial charge < -0.3 is 14.4 Å². The number of halogens is 1. The van der Waals surface area contributed by atoms with Crippen LogP contribution in [0.15, 0.2) is 18.3 Å². The highest BCUT2D eigenvalue weighted by molar-refractivity contribution is 6.32. The van der Waals surface area contributed by atoms with Crippen LogP contribution in [0.1, 0.15) is 30.1 Å². The van der Waals surface area contributed by atoms with Gasteiger partial charge in [0.25, 0.3) is 5.91 Å². The van der Waals surface area contributed by atoms with Crippen molar-refractivity contribution in [2.75, 3.05) is 32.9 Å². The van der Waals surface area contributed by atoms with Crippen molar-refractivity contribution >= 4 is 17.5 Å². The number of ether oxygens (including phenoxy) is 2. The van der Waals surface area contributed by atoms with E-state index in [0.29, 0.717) is 38.5 Å². The van der Waals surface area contributed by atoms with E-state index in [1.807, 2.05) is 11.8 Å². The molecule has 0 saturated carbocycles. The summed E-state index contributed by atoms with van der Waals surface area (Å²) < 4.78 is 11.0. The van der Waals surface area contributed by atoms with E-state index in [9.17, 15) is 4.79 Å². The van der Waals surface area contributed by atoms with Crippen LogP contribution >= 0.6 is 11.6 Å². The number of likely N-dealkylation sites (tertiary alicyclic amines) is 1. The molecule has 0 N–H and O–H groups in total. The van der Waals surface area contributed by atoms with Gasteiger partial charge in [-0.1, -0.05) is 11.6 Å². The maximum atomic E-state index is 12.4. The second-order valence-electron chi connectivity index (χ2n) is 4.90. The van der Waals surface area contributed by atoms with Crippen LogP contribution in [0.4, 0.5) is 0 Å². The summed E-state index contributed by atoms with van der Waals surface area (Å²) in [6, 6.07) is 3.44. The van der Waals surface area contributed by atoms with Crippen LogP contribution in [-0.2, 0) is 9.47 Å². The second-order valence-corrected chi connectivity index (χ2v) is 5.26. The summed E-state index contributed by atoms with van der Waals surface area (Å²) in [5.41, 5.74) is 0.467. The first-order valence-electron chi connectivity index (χ1n) is 7.31. The van der Waals surface area contributed by atoms with Crippen molar-refractivity contribution in [3.05, 3.63) is 29.0 Å². The van der Waals surface area contributed by atoms with E-state index in [-0.39, 0.29) is 17.2 Å². The minimum atomic E-state index is -0.0548. The molecule has 1 aromatic rings. The molecule has 2 rings (SSSR count). The molecule has 1 aromatic heterocycles. The first-order chi connectivity index (χ1) is 10.2. The van der Waals surface area contributed by atoms with Gasteiger partial charge >= 0.3 is 0 Å². The van der Waals surface area contributed by atoms with E-state index in [2.05, 4.69) is 4.98 Å². The fraction of sp³-hybridized carbons (Fsp3) is 0.600. The molecule has 5 nitrogen and oxygen atoms in total. The van der Waals surface area contributed by atoms with Crippen molar-refractivity contribution in [2.24, 2.45) is 0 Å². The van der Waals surface area contributed by atoms with Gasteiger partial charge in [0, 0.05) is 25.9 Å². The van der Waals surface area contributed by atoms with Crippen LogP contribution < -0.4 is 0 Å². The maximum absolute atomic E-state index is 12.4. The Hall–Kier alpha value is -1.17. The lowest BCUT2D eigenvalue weighted by atomic mass is 10.1. The number of carbonyl (C=O) groups is 1. The SMILES string of the molecule is CCOCCOC1CCN(C(=O)c2cccnc2Cl)CC1. The van der Waals surface area contributed by atoms with E-state index in [1.165, 1.54) is 0 Å². The van der Waals surface area contributed by atoms with E-state index in [1.54, 1.807) is 18.3 Å². The van der Waals surface area contributed by atoms with Crippen LogP contribution in [0.2, 0.25) is 5.15 Å². The molecule has 0 unspecified atom stereocenters. The molecule has 0 spiro atoms. The predicted octanol–water partition coefficient (Wildman–Crippen LogP) is 2.39. The van der Waals surface area contributed by atoms with Crippen molar-refractivity contribution < 1.29 is 14.3 Å². The molecule has 1 aliphatic heterocycles. The summed E-state index contributed by atoms with van der Waals surface area (Å²) in [5.74, 6) is -0.0548. The number of hydrogen-bond donors (Lipinski definition) is 0. The van der Waals surface area contributed by atoms with Crippen molar-refractivity contribution in [1.29, 1.82) is 0 Å². The molecule has 0 radical (unpaired) electrons. The lowest BCUT2D eigenvalue weighted by Gasteiger charge is -2.32. The number of aromatic nitrogens is 1. The van der Waals surface area contributed by atoms with Gasteiger partial charge in [0.1, 0.15) is 5.15 Å². The highest BCUT2D eigenvalue weighted by Crippen LogP contribution is 2.19. The summed E-state index contributed by atoms with van der Waals surface area (Å²) in [6.07, 6.45) is 3.47. The molecule has 2 heterocycles. The molecule has 21 heavy (non-hydrogen) atoms. The van der Waals surface area contributed by atoms with Gasteiger partial charge in [0.2, 0.25) is 0 Å². The van der Waals surface area contributed by atoms with Crippen LogP contribution in [-0.4, -0.2) is 54.8 Å². The normalized spacial score (nSPS) is 16.2. The Labute approximate surface area is 130 Å². The fourth-order valence-corrected chi connectivity index (χ4v) is 2.56. The smallest absolute Gasteiger partial charge is 0.256 e. The summed E-state index contributed by atoms with van der Waals surface area (Å²) in [5, 5.41) is 0.262. The minimum Gasteiger partial charge on any atom is -0.379 e. The van der Waals surface area contributed by atoms with Crippen molar-refractivity contribution in [3.63, 3.8) is 0 Å². The molecular weight excluding hydrogens is 292 g/mol. The average molecular weight is 313 g/mol. The van der Waals surface area contributed by atoms with Crippen LogP contribution in [0.25, 0.3) is 0 Å². The molecule has 0 bridgehead atoms. The lowest BCUT2D eigenvalue weighted by molar-refractivity contribution is -0.0182. The number of nitrogens with zero attached hydrogens (tertiary/aromatic N) is 2. The topological polar surface area (TPSA) is 51.7 Å². The summed E-state index contributed by atoms with van der Waals surface area (Å²) in [6.45, 7) is 5.28. The zero-order valence-corrected chi connectivity index (χ0v) is 13.0. The molecule has 6 heteroatoms.